The minimum Gasteiger partial charge on any atom is -0.381 e. The van der Waals surface area contributed by atoms with Gasteiger partial charge in [-0.3, -0.25) is 0 Å². The SMILES string of the molecule is COC1CC[C@H]2CC[C@H](CC1)C2=NNS(=O)(=O)c1ccc(C)cc1. The van der Waals surface area contributed by atoms with Crippen molar-refractivity contribution >= 4 is 15.7 Å². The van der Waals surface area contributed by atoms with Crippen LogP contribution in [0.3, 0.4) is 0 Å². The zero-order valence-electron chi connectivity index (χ0n) is 14.4. The summed E-state index contributed by atoms with van der Waals surface area (Å²) >= 11 is 0. The van der Waals surface area contributed by atoms with Crippen molar-refractivity contribution in [3.8, 4) is 0 Å². The van der Waals surface area contributed by atoms with E-state index in [0.29, 0.717) is 17.9 Å². The number of nitrogens with one attached hydrogen (secondary N) is 1. The first kappa shape index (κ1) is 17.4. The number of hydrogen-bond acceptors (Lipinski definition) is 4. The van der Waals surface area contributed by atoms with Crippen LogP contribution in [0, 0.1) is 18.8 Å². The Hall–Kier alpha value is -1.40. The molecule has 2 aliphatic rings. The summed E-state index contributed by atoms with van der Waals surface area (Å²) in [7, 11) is -1.82. The minimum absolute atomic E-state index is 0.259. The highest BCUT2D eigenvalue weighted by Crippen LogP contribution is 2.38. The van der Waals surface area contributed by atoms with E-state index in [9.17, 15) is 8.42 Å². The lowest BCUT2D eigenvalue weighted by Gasteiger charge is -2.24. The highest BCUT2D eigenvalue weighted by atomic mass is 32.2. The maximum absolute atomic E-state index is 12.4. The van der Waals surface area contributed by atoms with Gasteiger partial charge in [0.2, 0.25) is 0 Å². The van der Waals surface area contributed by atoms with Gasteiger partial charge in [-0.2, -0.15) is 13.5 Å². The second-order valence-electron chi connectivity index (χ2n) is 6.93. The molecule has 6 heteroatoms. The van der Waals surface area contributed by atoms with Crippen molar-refractivity contribution in [2.45, 2.75) is 56.4 Å². The number of nitrogens with zero attached hydrogens (tertiary/aromatic N) is 1. The molecule has 2 aliphatic carbocycles. The molecule has 24 heavy (non-hydrogen) atoms. The predicted molar refractivity (Wildman–Crippen MR) is 94.4 cm³/mol. The van der Waals surface area contributed by atoms with E-state index >= 15 is 0 Å². The van der Waals surface area contributed by atoms with Crippen LogP contribution in [0.2, 0.25) is 0 Å². The number of hydrogen-bond donors (Lipinski definition) is 1. The fourth-order valence-electron chi connectivity index (χ4n) is 3.84. The largest absolute Gasteiger partial charge is 0.381 e. The molecule has 2 fully saturated rings. The molecule has 2 saturated carbocycles. The van der Waals surface area contributed by atoms with Gasteiger partial charge in [0.15, 0.2) is 0 Å². The van der Waals surface area contributed by atoms with E-state index in [1.165, 1.54) is 0 Å². The standard InChI is InChI=1S/C18H26N2O3S/c1-13-3-11-17(12-4-13)24(21,22)20-19-18-14-5-6-15(18)8-10-16(23-2)9-7-14/h3-4,11-12,14-16,20H,5-10H2,1-2H3/t14-,15-,16?/m1/s1. The van der Waals surface area contributed by atoms with Gasteiger partial charge >= 0.3 is 0 Å². The number of benzene rings is 1. The van der Waals surface area contributed by atoms with Gasteiger partial charge in [0, 0.05) is 12.8 Å². The van der Waals surface area contributed by atoms with Crippen LogP contribution in [0.5, 0.6) is 0 Å². The van der Waals surface area contributed by atoms with E-state index in [0.717, 1.165) is 49.8 Å². The van der Waals surface area contributed by atoms with Gasteiger partial charge < -0.3 is 4.74 Å². The monoisotopic (exact) mass is 350 g/mol. The maximum atomic E-state index is 12.4. The lowest BCUT2D eigenvalue weighted by atomic mass is 9.88. The molecule has 0 saturated heterocycles. The van der Waals surface area contributed by atoms with E-state index in [4.69, 9.17) is 4.74 Å². The smallest absolute Gasteiger partial charge is 0.276 e. The second-order valence-corrected chi connectivity index (χ2v) is 8.59. The molecule has 0 heterocycles. The fraction of sp³-hybridized carbons (Fsp3) is 0.611. The summed E-state index contributed by atoms with van der Waals surface area (Å²) in [5, 5.41) is 4.37. The van der Waals surface area contributed by atoms with Crippen LogP contribution in [0.25, 0.3) is 0 Å². The molecule has 2 atom stereocenters. The molecule has 5 nitrogen and oxygen atoms in total. The highest BCUT2D eigenvalue weighted by molar-refractivity contribution is 7.89. The molecular formula is C18H26N2O3S. The minimum atomic E-state index is -3.59. The first-order valence-electron chi connectivity index (χ1n) is 8.68. The van der Waals surface area contributed by atoms with E-state index in [2.05, 4.69) is 9.93 Å². The number of methoxy groups -OCH3 is 1. The number of ether oxygens (including phenoxy) is 1. The maximum Gasteiger partial charge on any atom is 0.276 e. The van der Waals surface area contributed by atoms with Crippen molar-refractivity contribution in [3.63, 3.8) is 0 Å². The normalized spacial score (nSPS) is 27.4. The van der Waals surface area contributed by atoms with E-state index in [-0.39, 0.29) is 4.90 Å². The first-order chi connectivity index (χ1) is 11.5. The molecule has 2 bridgehead atoms. The van der Waals surface area contributed by atoms with Crippen LogP contribution in [-0.2, 0) is 14.8 Å². The van der Waals surface area contributed by atoms with Crippen molar-refractivity contribution in [2.75, 3.05) is 7.11 Å². The van der Waals surface area contributed by atoms with Crippen LogP contribution in [0.4, 0.5) is 0 Å². The molecule has 1 aromatic carbocycles. The van der Waals surface area contributed by atoms with Gasteiger partial charge in [-0.15, -0.1) is 0 Å². The van der Waals surface area contributed by atoms with Crippen molar-refractivity contribution in [2.24, 2.45) is 16.9 Å². The Morgan fingerprint density at radius 3 is 2.08 bits per heavy atom. The summed E-state index contributed by atoms with van der Waals surface area (Å²) < 4.78 is 30.4. The van der Waals surface area contributed by atoms with Gasteiger partial charge in [0.25, 0.3) is 10.0 Å². The quantitative estimate of drug-likeness (QED) is 0.848. The summed E-state index contributed by atoms with van der Waals surface area (Å²) in [4.78, 5) is 2.73. The highest BCUT2D eigenvalue weighted by Gasteiger charge is 2.35. The zero-order chi connectivity index (χ0) is 17.2. The summed E-state index contributed by atoms with van der Waals surface area (Å²) in [5.41, 5.74) is 2.08. The molecule has 0 radical (unpaired) electrons. The van der Waals surface area contributed by atoms with Gasteiger partial charge in [-0.1, -0.05) is 17.7 Å². The molecule has 3 rings (SSSR count). The van der Waals surface area contributed by atoms with E-state index in [1.807, 2.05) is 6.92 Å². The van der Waals surface area contributed by atoms with Gasteiger partial charge in [-0.25, -0.2) is 4.83 Å². The van der Waals surface area contributed by atoms with Crippen LogP contribution >= 0.6 is 0 Å². The number of sulfonamides is 1. The molecule has 0 aliphatic heterocycles. The third-order valence-electron chi connectivity index (χ3n) is 5.33. The molecule has 0 unspecified atom stereocenters. The molecule has 0 amide bonds. The number of rotatable bonds is 4. The Bertz CT molecular complexity index is 679. The second kappa shape index (κ2) is 7.23. The molecule has 1 N–H and O–H groups in total. The van der Waals surface area contributed by atoms with Crippen molar-refractivity contribution in [1.29, 1.82) is 0 Å². The zero-order valence-corrected chi connectivity index (χ0v) is 15.2. The Morgan fingerprint density at radius 1 is 1.00 bits per heavy atom. The lowest BCUT2D eigenvalue weighted by molar-refractivity contribution is 0.0801. The van der Waals surface area contributed by atoms with E-state index in [1.54, 1.807) is 31.4 Å². The Kier molecular flexibility index (Phi) is 5.25. The van der Waals surface area contributed by atoms with Crippen LogP contribution < -0.4 is 4.83 Å². The predicted octanol–water partition coefficient (Wildman–Crippen LogP) is 3.24. The Balaban J connectivity index is 1.75. The summed E-state index contributed by atoms with van der Waals surface area (Å²) in [6.45, 7) is 1.93. The Labute approximate surface area is 144 Å². The third-order valence-corrected chi connectivity index (χ3v) is 6.56. The van der Waals surface area contributed by atoms with Crippen LogP contribution in [-0.4, -0.2) is 27.3 Å². The molecular weight excluding hydrogens is 324 g/mol. The fourth-order valence-corrected chi connectivity index (χ4v) is 4.66. The Morgan fingerprint density at radius 2 is 1.54 bits per heavy atom. The van der Waals surface area contributed by atoms with Crippen LogP contribution in [0.1, 0.15) is 44.1 Å². The topological polar surface area (TPSA) is 67.8 Å². The third kappa shape index (κ3) is 3.81. The number of aryl methyl sites for hydroxylation is 1. The lowest BCUT2D eigenvalue weighted by Crippen LogP contribution is -2.27. The summed E-state index contributed by atoms with van der Waals surface area (Å²) in [6.07, 6.45) is 6.65. The first-order valence-corrected chi connectivity index (χ1v) is 10.2. The van der Waals surface area contributed by atoms with Gasteiger partial charge in [0.05, 0.1) is 11.0 Å². The molecule has 1 aromatic rings. The average Bonchev–Trinajstić information content (AvgIpc) is 2.98. The summed E-state index contributed by atoms with van der Waals surface area (Å²) in [5.74, 6) is 0.766. The number of fused-ring (bicyclic) bond motifs is 2. The molecule has 0 aromatic heterocycles. The summed E-state index contributed by atoms with van der Waals surface area (Å²) in [6, 6.07) is 6.83. The van der Waals surface area contributed by atoms with Crippen molar-refractivity contribution in [1.82, 2.24) is 4.83 Å². The van der Waals surface area contributed by atoms with E-state index < -0.39 is 10.0 Å². The van der Waals surface area contributed by atoms with Crippen LogP contribution in [0.15, 0.2) is 34.3 Å². The molecule has 0 spiro atoms. The molecule has 132 valence electrons. The number of hydrazone groups is 1. The van der Waals surface area contributed by atoms with Crippen molar-refractivity contribution < 1.29 is 13.2 Å². The van der Waals surface area contributed by atoms with Crippen molar-refractivity contribution in [3.05, 3.63) is 29.8 Å². The average molecular weight is 350 g/mol. The van der Waals surface area contributed by atoms with Gasteiger partial charge in [-0.05, 0) is 69.4 Å². The van der Waals surface area contributed by atoms with Gasteiger partial charge in [0.1, 0.15) is 0 Å².